The van der Waals surface area contributed by atoms with Gasteiger partial charge in [0.05, 0.1) is 29.0 Å². The average Bonchev–Trinajstić information content (AvgIpc) is 3.33. The number of hydrogen-bond acceptors (Lipinski definition) is 8. The third kappa shape index (κ3) is 4.79. The Morgan fingerprint density at radius 3 is 2.60 bits per heavy atom. The highest BCUT2D eigenvalue weighted by Gasteiger charge is 2.41. The van der Waals surface area contributed by atoms with Crippen LogP contribution in [-0.4, -0.2) is 81.8 Å². The molecule has 0 radical (unpaired) electrons. The van der Waals surface area contributed by atoms with Crippen molar-refractivity contribution in [3.8, 4) is 17.1 Å². The Balaban J connectivity index is 1.42. The Labute approximate surface area is 249 Å². The van der Waals surface area contributed by atoms with Gasteiger partial charge in [-0.15, -0.1) is 0 Å². The molecule has 1 amide bonds. The van der Waals surface area contributed by atoms with Crippen LogP contribution in [0.5, 0.6) is 5.75 Å². The van der Waals surface area contributed by atoms with Gasteiger partial charge in [0.15, 0.2) is 11.6 Å². The molecule has 6 rings (SSSR count). The lowest BCUT2D eigenvalue weighted by atomic mass is 9.84. The molecule has 10 nitrogen and oxygen atoms in total. The fraction of sp³-hybridized carbons (Fsp3) is 0.469. The zero-order chi connectivity index (χ0) is 30.8. The number of hydrogen-bond donors (Lipinski definition) is 1. The van der Waals surface area contributed by atoms with Crippen LogP contribution in [0.3, 0.4) is 0 Å². The van der Waals surface area contributed by atoms with Crippen LogP contribution in [0.25, 0.3) is 22.3 Å². The molecule has 3 aliphatic heterocycles. The van der Waals surface area contributed by atoms with Crippen molar-refractivity contribution in [2.75, 3.05) is 40.3 Å². The van der Waals surface area contributed by atoms with E-state index in [-0.39, 0.29) is 36.6 Å². The van der Waals surface area contributed by atoms with Gasteiger partial charge in [-0.05, 0) is 46.5 Å². The number of halogens is 1. The molecule has 3 aromatic rings. The second-order valence-corrected chi connectivity index (χ2v) is 12.2. The Hall–Kier alpha value is -3.80. The minimum absolute atomic E-state index is 0.0286. The molecule has 2 aromatic heterocycles. The fourth-order valence-electron chi connectivity index (χ4n) is 6.41. The van der Waals surface area contributed by atoms with Gasteiger partial charge >= 0.3 is 6.09 Å². The molecule has 1 atom stereocenters. The van der Waals surface area contributed by atoms with E-state index in [1.54, 1.807) is 22.5 Å². The standard InChI is InChI=1S/C32H38FN5O5/c1-7-32(41)19(4)42-17-23-24(32)13-27-28-20(15-38(27)30(23)39)12-21-22(16-35(5)6)29(25(33)14-26(21)34-28)43-31(40)37-10-8-36(9-11-37)18(2)3/h12-14,18,41H,4,7-11,15-17H2,1-3,5-6H3/t32-/m1/s1. The monoisotopic (exact) mass is 591 g/mol. The lowest BCUT2D eigenvalue weighted by Crippen LogP contribution is -2.51. The van der Waals surface area contributed by atoms with Gasteiger partial charge in [0, 0.05) is 66.9 Å². The maximum absolute atomic E-state index is 15.8. The maximum atomic E-state index is 15.8. The summed E-state index contributed by atoms with van der Waals surface area (Å²) in [7, 11) is 3.72. The molecule has 1 saturated heterocycles. The first kappa shape index (κ1) is 29.3. The molecule has 1 N–H and O–H groups in total. The largest absolute Gasteiger partial charge is 0.490 e. The van der Waals surface area contributed by atoms with Gasteiger partial charge in [-0.25, -0.2) is 14.2 Å². The van der Waals surface area contributed by atoms with Crippen molar-refractivity contribution in [2.45, 2.75) is 58.5 Å². The highest BCUT2D eigenvalue weighted by atomic mass is 19.1. The van der Waals surface area contributed by atoms with E-state index in [9.17, 15) is 14.7 Å². The van der Waals surface area contributed by atoms with E-state index in [1.807, 2.05) is 25.1 Å². The number of aliphatic hydroxyl groups is 1. The van der Waals surface area contributed by atoms with Gasteiger partial charge in [-0.3, -0.25) is 9.69 Å². The third-order valence-electron chi connectivity index (χ3n) is 8.96. The molecule has 0 aliphatic carbocycles. The van der Waals surface area contributed by atoms with E-state index >= 15 is 4.39 Å². The summed E-state index contributed by atoms with van der Waals surface area (Å²) in [6, 6.07) is 5.35. The first-order chi connectivity index (χ1) is 20.4. The lowest BCUT2D eigenvalue weighted by molar-refractivity contribution is -0.0172. The van der Waals surface area contributed by atoms with E-state index < -0.39 is 17.5 Å². The van der Waals surface area contributed by atoms with Crippen molar-refractivity contribution in [2.24, 2.45) is 0 Å². The molecular weight excluding hydrogens is 553 g/mol. The minimum atomic E-state index is -1.49. The first-order valence-corrected chi connectivity index (χ1v) is 14.8. The predicted molar refractivity (Wildman–Crippen MR) is 160 cm³/mol. The molecule has 3 aliphatic rings. The second kappa shape index (κ2) is 10.7. The number of fused-ring (bicyclic) bond motifs is 5. The zero-order valence-corrected chi connectivity index (χ0v) is 25.4. The van der Waals surface area contributed by atoms with E-state index in [4.69, 9.17) is 14.5 Å². The average molecular weight is 592 g/mol. The Morgan fingerprint density at radius 1 is 1.23 bits per heavy atom. The van der Waals surface area contributed by atoms with Crippen LogP contribution in [-0.2, 0) is 30.0 Å². The van der Waals surface area contributed by atoms with Gasteiger partial charge in [-0.2, -0.15) is 0 Å². The summed E-state index contributed by atoms with van der Waals surface area (Å²) in [6.07, 6.45) is -0.291. The molecule has 11 heteroatoms. The zero-order valence-electron chi connectivity index (χ0n) is 25.4. The maximum Gasteiger partial charge on any atom is 0.415 e. The van der Waals surface area contributed by atoms with Crippen molar-refractivity contribution in [3.63, 3.8) is 0 Å². The summed E-state index contributed by atoms with van der Waals surface area (Å²) in [4.78, 5) is 37.4. The fourth-order valence-corrected chi connectivity index (χ4v) is 6.41. The number of amides is 1. The van der Waals surface area contributed by atoms with Crippen molar-refractivity contribution < 1.29 is 23.8 Å². The van der Waals surface area contributed by atoms with Gasteiger partial charge < -0.3 is 28.9 Å². The SMILES string of the molecule is C=C1OCc2c(cc3n(c2=O)Cc2cc4c(CN(C)C)c(OC(=O)N5CCN(C(C)C)CC5)c(F)cc4nc2-3)[C@@]1(O)CC. The van der Waals surface area contributed by atoms with Gasteiger partial charge in [0.2, 0.25) is 0 Å². The Bertz CT molecular complexity index is 1710. The normalized spacial score (nSPS) is 19.9. The number of rotatable bonds is 5. The number of piperazine rings is 1. The van der Waals surface area contributed by atoms with Crippen LogP contribution in [0.15, 0.2) is 35.3 Å². The van der Waals surface area contributed by atoms with E-state index in [2.05, 4.69) is 25.3 Å². The molecule has 228 valence electrons. The number of nitrogens with zero attached hydrogens (tertiary/aromatic N) is 5. The molecule has 0 bridgehead atoms. The van der Waals surface area contributed by atoms with Crippen molar-refractivity contribution in [1.82, 2.24) is 24.3 Å². The molecule has 1 fully saturated rings. The summed E-state index contributed by atoms with van der Waals surface area (Å²) >= 11 is 0. The molecule has 5 heterocycles. The van der Waals surface area contributed by atoms with Crippen molar-refractivity contribution in [3.05, 3.63) is 69.0 Å². The molecule has 0 unspecified atom stereocenters. The van der Waals surface area contributed by atoms with Crippen LogP contribution >= 0.6 is 0 Å². The number of benzene rings is 1. The lowest BCUT2D eigenvalue weighted by Gasteiger charge is -2.36. The summed E-state index contributed by atoms with van der Waals surface area (Å²) in [5, 5.41) is 12.0. The Kier molecular flexibility index (Phi) is 7.30. The van der Waals surface area contributed by atoms with Crippen LogP contribution in [0.4, 0.5) is 9.18 Å². The van der Waals surface area contributed by atoms with Crippen LogP contribution < -0.4 is 10.3 Å². The summed E-state index contributed by atoms with van der Waals surface area (Å²) in [5.74, 6) is -0.581. The topological polar surface area (TPSA) is 100 Å². The molecule has 1 aromatic carbocycles. The first-order valence-electron chi connectivity index (χ1n) is 14.8. The van der Waals surface area contributed by atoms with Gasteiger partial charge in [0.25, 0.3) is 5.56 Å². The van der Waals surface area contributed by atoms with Gasteiger partial charge in [-0.1, -0.05) is 13.5 Å². The number of carbonyl (C=O) groups excluding carboxylic acids is 1. The second-order valence-electron chi connectivity index (χ2n) is 12.2. The van der Waals surface area contributed by atoms with Crippen LogP contribution in [0, 0.1) is 5.82 Å². The van der Waals surface area contributed by atoms with E-state index in [0.29, 0.717) is 64.7 Å². The van der Waals surface area contributed by atoms with Crippen LogP contribution in [0.2, 0.25) is 0 Å². The van der Waals surface area contributed by atoms with Crippen molar-refractivity contribution in [1.29, 1.82) is 0 Å². The summed E-state index contributed by atoms with van der Waals surface area (Å²) in [5.41, 5.74) is 1.87. The molecule has 43 heavy (non-hydrogen) atoms. The number of ether oxygens (including phenoxy) is 2. The smallest absolute Gasteiger partial charge is 0.415 e. The van der Waals surface area contributed by atoms with Gasteiger partial charge in [0.1, 0.15) is 18.0 Å². The quantitative estimate of drug-likeness (QED) is 0.374. The molecule has 0 spiro atoms. The highest BCUT2D eigenvalue weighted by molar-refractivity contribution is 5.89. The number of aromatic nitrogens is 2. The predicted octanol–water partition coefficient (Wildman–Crippen LogP) is 3.79. The van der Waals surface area contributed by atoms with E-state index in [1.165, 1.54) is 6.07 Å². The van der Waals surface area contributed by atoms with Crippen molar-refractivity contribution >= 4 is 17.0 Å². The van der Waals surface area contributed by atoms with Crippen LogP contribution in [0.1, 0.15) is 49.4 Å². The number of carbonyl (C=O) groups is 1. The Morgan fingerprint density at radius 2 is 1.95 bits per heavy atom. The third-order valence-corrected chi connectivity index (χ3v) is 8.96. The summed E-state index contributed by atoms with van der Waals surface area (Å²) < 4.78 is 28.8. The molecular formula is C32H38FN5O5. The number of pyridine rings is 2. The summed E-state index contributed by atoms with van der Waals surface area (Å²) in [6.45, 7) is 13.0. The minimum Gasteiger partial charge on any atom is -0.490 e. The molecule has 0 saturated carbocycles. The van der Waals surface area contributed by atoms with E-state index in [0.717, 1.165) is 18.7 Å². The highest BCUT2D eigenvalue weighted by Crippen LogP contribution is 2.42.